The average Bonchev–Trinajstić information content (AvgIpc) is 2.62. The Morgan fingerprint density at radius 2 is 2.19 bits per heavy atom. The zero-order valence-corrected chi connectivity index (χ0v) is 10.2. The molecule has 0 amide bonds. The van der Waals surface area contributed by atoms with E-state index in [1.54, 1.807) is 0 Å². The summed E-state index contributed by atoms with van der Waals surface area (Å²) in [5, 5.41) is 12.6. The standard InChI is InChI=1S/C10H14N2O3S/c1-4-16-10(15)8-5-7(9(13)14)11-12(8)6(2)3/h5-6H,4H2,1-3H3,(H,13,14). The number of rotatable bonds is 4. The minimum absolute atomic E-state index is 0.0375. The summed E-state index contributed by atoms with van der Waals surface area (Å²) in [4.78, 5) is 22.5. The molecule has 0 saturated heterocycles. The van der Waals surface area contributed by atoms with Gasteiger partial charge in [-0.2, -0.15) is 5.10 Å². The molecular formula is C10H14N2O3S. The van der Waals surface area contributed by atoms with Crippen LogP contribution in [0, 0.1) is 0 Å². The summed E-state index contributed by atoms with van der Waals surface area (Å²) in [6.45, 7) is 5.58. The smallest absolute Gasteiger partial charge is 0.356 e. The van der Waals surface area contributed by atoms with E-state index >= 15 is 0 Å². The Hall–Kier alpha value is -1.30. The Morgan fingerprint density at radius 1 is 1.56 bits per heavy atom. The van der Waals surface area contributed by atoms with Crippen LogP contribution in [-0.4, -0.2) is 31.7 Å². The summed E-state index contributed by atoms with van der Waals surface area (Å²) in [5.74, 6) is -0.459. The number of aromatic nitrogens is 2. The molecule has 0 aromatic carbocycles. The van der Waals surface area contributed by atoms with Crippen molar-refractivity contribution in [3.63, 3.8) is 0 Å². The predicted molar refractivity (Wildman–Crippen MR) is 62.0 cm³/mol. The zero-order valence-electron chi connectivity index (χ0n) is 9.43. The number of carboxylic acid groups (broad SMARTS) is 1. The van der Waals surface area contributed by atoms with E-state index in [0.717, 1.165) is 11.8 Å². The third kappa shape index (κ3) is 2.63. The Balaban J connectivity index is 3.15. The zero-order chi connectivity index (χ0) is 12.3. The number of carbonyl (C=O) groups is 2. The molecule has 0 saturated carbocycles. The molecule has 6 heteroatoms. The molecule has 0 unspecified atom stereocenters. The van der Waals surface area contributed by atoms with Gasteiger partial charge in [-0.05, 0) is 19.6 Å². The SMILES string of the molecule is CCSC(=O)c1cc(C(=O)O)nn1C(C)C. The lowest BCUT2D eigenvalue weighted by atomic mass is 10.3. The highest BCUT2D eigenvalue weighted by Crippen LogP contribution is 2.17. The minimum Gasteiger partial charge on any atom is -0.476 e. The molecule has 1 heterocycles. The van der Waals surface area contributed by atoms with Crippen molar-refractivity contribution >= 4 is 22.8 Å². The van der Waals surface area contributed by atoms with Crippen molar-refractivity contribution in [2.24, 2.45) is 0 Å². The summed E-state index contributed by atoms with van der Waals surface area (Å²) in [6.07, 6.45) is 0. The van der Waals surface area contributed by atoms with Crippen molar-refractivity contribution in [2.75, 3.05) is 5.75 Å². The van der Waals surface area contributed by atoms with E-state index in [2.05, 4.69) is 5.10 Å². The number of thioether (sulfide) groups is 1. The molecule has 0 aliphatic carbocycles. The molecule has 1 rings (SSSR count). The molecule has 0 atom stereocenters. The van der Waals surface area contributed by atoms with Crippen LogP contribution in [-0.2, 0) is 0 Å². The van der Waals surface area contributed by atoms with E-state index in [-0.39, 0.29) is 16.9 Å². The monoisotopic (exact) mass is 242 g/mol. The summed E-state index contributed by atoms with van der Waals surface area (Å²) < 4.78 is 1.45. The topological polar surface area (TPSA) is 72.2 Å². The maximum atomic E-state index is 11.7. The van der Waals surface area contributed by atoms with Gasteiger partial charge in [0, 0.05) is 12.1 Å². The number of hydrogen-bond donors (Lipinski definition) is 1. The van der Waals surface area contributed by atoms with Crippen molar-refractivity contribution in [3.8, 4) is 0 Å². The Kier molecular flexibility index (Phi) is 4.12. The third-order valence-corrected chi connectivity index (χ3v) is 2.69. The molecule has 1 aromatic rings. The van der Waals surface area contributed by atoms with Gasteiger partial charge in [0.25, 0.3) is 0 Å². The van der Waals surface area contributed by atoms with E-state index in [4.69, 9.17) is 5.11 Å². The second-order valence-corrected chi connectivity index (χ2v) is 4.72. The molecule has 0 fully saturated rings. The van der Waals surface area contributed by atoms with E-state index in [0.29, 0.717) is 11.4 Å². The Labute approximate surface area is 97.8 Å². The van der Waals surface area contributed by atoms with E-state index < -0.39 is 5.97 Å². The van der Waals surface area contributed by atoms with Crippen LogP contribution in [0.2, 0.25) is 0 Å². The minimum atomic E-state index is -1.12. The molecule has 0 spiro atoms. The molecule has 0 bridgehead atoms. The second kappa shape index (κ2) is 5.16. The molecule has 0 radical (unpaired) electrons. The maximum Gasteiger partial charge on any atom is 0.356 e. The molecule has 88 valence electrons. The van der Waals surface area contributed by atoms with E-state index in [1.807, 2.05) is 20.8 Å². The molecule has 1 N–H and O–H groups in total. The van der Waals surface area contributed by atoms with Crippen LogP contribution in [0.1, 0.15) is 47.8 Å². The summed E-state index contributed by atoms with van der Waals surface area (Å²) in [7, 11) is 0. The van der Waals surface area contributed by atoms with Gasteiger partial charge in [-0.3, -0.25) is 9.48 Å². The van der Waals surface area contributed by atoms with Crippen LogP contribution in [0.25, 0.3) is 0 Å². The van der Waals surface area contributed by atoms with Gasteiger partial charge in [0.15, 0.2) is 5.69 Å². The maximum absolute atomic E-state index is 11.7. The van der Waals surface area contributed by atoms with Crippen molar-refractivity contribution in [1.29, 1.82) is 0 Å². The van der Waals surface area contributed by atoms with Crippen LogP contribution >= 0.6 is 11.8 Å². The fraction of sp³-hybridized carbons (Fsp3) is 0.500. The lowest BCUT2D eigenvalue weighted by Gasteiger charge is -2.08. The Morgan fingerprint density at radius 3 is 2.62 bits per heavy atom. The van der Waals surface area contributed by atoms with Crippen LogP contribution < -0.4 is 0 Å². The van der Waals surface area contributed by atoms with Crippen LogP contribution in [0.4, 0.5) is 0 Å². The fourth-order valence-corrected chi connectivity index (χ4v) is 1.81. The van der Waals surface area contributed by atoms with Crippen molar-refractivity contribution in [3.05, 3.63) is 17.5 Å². The average molecular weight is 242 g/mol. The van der Waals surface area contributed by atoms with Gasteiger partial charge in [-0.25, -0.2) is 4.79 Å². The highest BCUT2D eigenvalue weighted by molar-refractivity contribution is 8.14. The van der Waals surface area contributed by atoms with Gasteiger partial charge in [-0.1, -0.05) is 18.7 Å². The van der Waals surface area contributed by atoms with Gasteiger partial charge in [0.2, 0.25) is 5.12 Å². The quantitative estimate of drug-likeness (QED) is 0.874. The third-order valence-electron chi connectivity index (χ3n) is 1.93. The van der Waals surface area contributed by atoms with E-state index in [1.165, 1.54) is 10.7 Å². The molecular weight excluding hydrogens is 228 g/mol. The first kappa shape index (κ1) is 12.8. The van der Waals surface area contributed by atoms with Gasteiger partial charge >= 0.3 is 5.97 Å². The first-order chi connectivity index (χ1) is 7.47. The predicted octanol–water partition coefficient (Wildman–Crippen LogP) is 2.06. The highest BCUT2D eigenvalue weighted by Gasteiger charge is 2.19. The number of aromatic carboxylic acids is 1. The van der Waals surface area contributed by atoms with Gasteiger partial charge < -0.3 is 5.11 Å². The van der Waals surface area contributed by atoms with Gasteiger partial charge in [0.1, 0.15) is 5.69 Å². The van der Waals surface area contributed by atoms with Crippen LogP contribution in [0.5, 0.6) is 0 Å². The Bertz CT molecular complexity index is 412. The highest BCUT2D eigenvalue weighted by atomic mass is 32.2. The van der Waals surface area contributed by atoms with Crippen LogP contribution in [0.15, 0.2) is 6.07 Å². The normalized spacial score (nSPS) is 10.8. The summed E-state index contributed by atoms with van der Waals surface area (Å²) >= 11 is 1.15. The van der Waals surface area contributed by atoms with E-state index in [9.17, 15) is 9.59 Å². The van der Waals surface area contributed by atoms with Gasteiger partial charge in [-0.15, -0.1) is 0 Å². The molecule has 0 aliphatic rings. The van der Waals surface area contributed by atoms with Crippen molar-refractivity contribution in [2.45, 2.75) is 26.8 Å². The van der Waals surface area contributed by atoms with Gasteiger partial charge in [0.05, 0.1) is 0 Å². The lowest BCUT2D eigenvalue weighted by molar-refractivity contribution is 0.0689. The number of carboxylic acids is 1. The molecule has 16 heavy (non-hydrogen) atoms. The first-order valence-electron chi connectivity index (χ1n) is 4.97. The number of nitrogens with zero attached hydrogens (tertiary/aromatic N) is 2. The van der Waals surface area contributed by atoms with Crippen molar-refractivity contribution in [1.82, 2.24) is 9.78 Å². The summed E-state index contributed by atoms with van der Waals surface area (Å²) in [5.41, 5.74) is 0.257. The molecule has 5 nitrogen and oxygen atoms in total. The number of hydrogen-bond acceptors (Lipinski definition) is 4. The number of carbonyl (C=O) groups excluding carboxylic acids is 1. The summed E-state index contributed by atoms with van der Waals surface area (Å²) in [6, 6.07) is 1.29. The van der Waals surface area contributed by atoms with Crippen LogP contribution in [0.3, 0.4) is 0 Å². The molecule has 1 aromatic heterocycles. The largest absolute Gasteiger partial charge is 0.476 e. The fourth-order valence-electron chi connectivity index (χ4n) is 1.25. The van der Waals surface area contributed by atoms with Crippen molar-refractivity contribution < 1.29 is 14.7 Å². The lowest BCUT2D eigenvalue weighted by Crippen LogP contribution is -2.11. The molecule has 0 aliphatic heterocycles. The second-order valence-electron chi connectivity index (χ2n) is 3.48. The first-order valence-corrected chi connectivity index (χ1v) is 5.95.